The van der Waals surface area contributed by atoms with Gasteiger partial charge in [0.1, 0.15) is 16.5 Å². The van der Waals surface area contributed by atoms with Crippen molar-refractivity contribution in [2.45, 2.75) is 62.8 Å². The van der Waals surface area contributed by atoms with Gasteiger partial charge in [-0.2, -0.15) is 0 Å². The Morgan fingerprint density at radius 3 is 2.61 bits per heavy atom. The molecule has 2 aromatic heterocycles. The van der Waals surface area contributed by atoms with Crippen molar-refractivity contribution in [1.82, 2.24) is 15.0 Å². The molecule has 0 aliphatic carbocycles. The first-order valence-corrected chi connectivity index (χ1v) is 12.1. The number of hydrogen-bond donors (Lipinski definition) is 2. The Labute approximate surface area is 205 Å². The van der Waals surface area contributed by atoms with E-state index in [9.17, 15) is 5.11 Å². The standard InChI is InChI=1S/C22H31ClN6O2S.CH4/c1-13-21(32-16-5-8-25-20(17(16)23)28(3)4)27-15(11-30)19(26-13)29-9-6-22(7-10-29)12-31-14(2)18(22)24;/h5,8,14,18,30H,6-7,9-12,24H2,1-4H3;1H4/t14-,18+;/m0./s1. The summed E-state index contributed by atoms with van der Waals surface area (Å²) in [5.74, 6) is 1.45. The van der Waals surface area contributed by atoms with Crippen LogP contribution in [0, 0.1) is 12.3 Å². The van der Waals surface area contributed by atoms with Crippen molar-refractivity contribution in [2.75, 3.05) is 43.6 Å². The molecule has 0 unspecified atom stereocenters. The van der Waals surface area contributed by atoms with E-state index in [2.05, 4.69) is 16.8 Å². The summed E-state index contributed by atoms with van der Waals surface area (Å²) in [6.07, 6.45) is 3.72. The molecule has 0 saturated carbocycles. The van der Waals surface area contributed by atoms with Gasteiger partial charge < -0.3 is 25.4 Å². The number of aliphatic hydroxyl groups excluding tert-OH is 1. The summed E-state index contributed by atoms with van der Waals surface area (Å²) in [5, 5.41) is 11.4. The average Bonchev–Trinajstić information content (AvgIpc) is 3.05. The van der Waals surface area contributed by atoms with Gasteiger partial charge in [-0.3, -0.25) is 0 Å². The Morgan fingerprint density at radius 1 is 1.33 bits per heavy atom. The van der Waals surface area contributed by atoms with Crippen LogP contribution >= 0.6 is 23.4 Å². The van der Waals surface area contributed by atoms with Crippen LogP contribution in [0.1, 0.15) is 38.6 Å². The Balaban J connectivity index is 0.00000306. The first kappa shape index (κ1) is 26.0. The minimum absolute atomic E-state index is 0. The van der Waals surface area contributed by atoms with Crippen molar-refractivity contribution in [1.29, 1.82) is 0 Å². The monoisotopic (exact) mass is 494 g/mol. The molecule has 2 fully saturated rings. The van der Waals surface area contributed by atoms with Crippen LogP contribution in [-0.2, 0) is 11.3 Å². The molecule has 4 heterocycles. The molecule has 10 heteroatoms. The Kier molecular flexibility index (Phi) is 8.11. The number of aliphatic hydroxyl groups is 1. The lowest BCUT2D eigenvalue weighted by Crippen LogP contribution is -2.51. The minimum Gasteiger partial charge on any atom is -0.390 e. The van der Waals surface area contributed by atoms with E-state index >= 15 is 0 Å². The van der Waals surface area contributed by atoms with Crippen molar-refractivity contribution in [2.24, 2.45) is 11.1 Å². The molecule has 0 aromatic carbocycles. The van der Waals surface area contributed by atoms with Crippen LogP contribution in [0.2, 0.25) is 5.02 Å². The molecule has 2 saturated heterocycles. The molecule has 0 radical (unpaired) electrons. The van der Waals surface area contributed by atoms with Crippen LogP contribution in [0.25, 0.3) is 0 Å². The zero-order chi connectivity index (χ0) is 23.0. The van der Waals surface area contributed by atoms with Gasteiger partial charge in [0.05, 0.1) is 30.0 Å². The number of anilines is 2. The van der Waals surface area contributed by atoms with Gasteiger partial charge in [0.25, 0.3) is 0 Å². The first-order chi connectivity index (χ1) is 15.3. The summed E-state index contributed by atoms with van der Waals surface area (Å²) in [7, 11) is 3.81. The summed E-state index contributed by atoms with van der Waals surface area (Å²) < 4.78 is 5.84. The highest BCUT2D eigenvalue weighted by atomic mass is 35.5. The number of ether oxygens (including phenoxy) is 1. The lowest BCUT2D eigenvalue weighted by Gasteiger charge is -2.42. The highest BCUT2D eigenvalue weighted by Gasteiger charge is 2.47. The molecule has 0 bridgehead atoms. The summed E-state index contributed by atoms with van der Waals surface area (Å²) >= 11 is 8.00. The van der Waals surface area contributed by atoms with E-state index < -0.39 is 0 Å². The average molecular weight is 495 g/mol. The van der Waals surface area contributed by atoms with Crippen LogP contribution in [-0.4, -0.2) is 66.0 Å². The van der Waals surface area contributed by atoms with Gasteiger partial charge >= 0.3 is 0 Å². The molecular weight excluding hydrogens is 460 g/mol. The molecule has 182 valence electrons. The molecule has 1 spiro atoms. The van der Waals surface area contributed by atoms with E-state index in [-0.39, 0.29) is 31.6 Å². The second-order valence-electron chi connectivity index (χ2n) is 8.88. The summed E-state index contributed by atoms with van der Waals surface area (Å²) in [6.45, 7) is 6.18. The Bertz CT molecular complexity index is 984. The van der Waals surface area contributed by atoms with Gasteiger partial charge in [0.2, 0.25) is 0 Å². The summed E-state index contributed by atoms with van der Waals surface area (Å²) in [4.78, 5) is 18.9. The highest BCUT2D eigenvalue weighted by Crippen LogP contribution is 2.43. The van der Waals surface area contributed by atoms with Gasteiger partial charge in [-0.15, -0.1) is 0 Å². The topological polar surface area (TPSA) is 101 Å². The zero-order valence-corrected chi connectivity index (χ0v) is 20.6. The van der Waals surface area contributed by atoms with E-state index in [1.54, 1.807) is 6.20 Å². The number of aryl methyl sites for hydroxylation is 1. The van der Waals surface area contributed by atoms with Crippen LogP contribution in [0.15, 0.2) is 22.2 Å². The van der Waals surface area contributed by atoms with E-state index in [1.807, 2.05) is 32.0 Å². The molecule has 8 nitrogen and oxygen atoms in total. The highest BCUT2D eigenvalue weighted by molar-refractivity contribution is 7.99. The van der Waals surface area contributed by atoms with Crippen LogP contribution in [0.3, 0.4) is 0 Å². The summed E-state index contributed by atoms with van der Waals surface area (Å²) in [5.41, 5.74) is 7.87. The SMILES string of the molecule is C.Cc1nc(N2CCC3(CC2)CO[C@@H](C)[C@H]3N)c(CO)nc1Sc1ccnc(N(C)C)c1Cl. The number of halogens is 1. The Morgan fingerprint density at radius 2 is 2.03 bits per heavy atom. The van der Waals surface area contributed by atoms with E-state index in [0.717, 1.165) is 54.0 Å². The molecule has 2 atom stereocenters. The molecule has 33 heavy (non-hydrogen) atoms. The van der Waals surface area contributed by atoms with Crippen LogP contribution in [0.4, 0.5) is 11.6 Å². The Hall–Kier alpha value is -1.65. The molecule has 2 aromatic rings. The van der Waals surface area contributed by atoms with Gasteiger partial charge in [0, 0.05) is 49.7 Å². The second kappa shape index (κ2) is 10.3. The predicted octanol–water partition coefficient (Wildman–Crippen LogP) is 3.51. The number of rotatable bonds is 5. The van der Waals surface area contributed by atoms with Crippen molar-refractivity contribution in [3.8, 4) is 0 Å². The number of piperidine rings is 1. The maximum absolute atomic E-state index is 10.1. The van der Waals surface area contributed by atoms with Gasteiger partial charge in [-0.25, -0.2) is 15.0 Å². The fraction of sp³-hybridized carbons (Fsp3) is 0.609. The molecule has 2 aliphatic rings. The van der Waals surface area contributed by atoms with Crippen molar-refractivity contribution in [3.05, 3.63) is 28.7 Å². The van der Waals surface area contributed by atoms with Crippen molar-refractivity contribution >= 4 is 35.0 Å². The molecule has 0 amide bonds. The number of aromatic nitrogens is 3. The van der Waals surface area contributed by atoms with Crippen molar-refractivity contribution in [3.63, 3.8) is 0 Å². The summed E-state index contributed by atoms with van der Waals surface area (Å²) in [6, 6.07) is 1.93. The lowest BCUT2D eigenvalue weighted by atomic mass is 9.73. The predicted molar refractivity (Wildman–Crippen MR) is 134 cm³/mol. The number of nitrogens with two attached hydrogens (primary N) is 1. The van der Waals surface area contributed by atoms with Crippen LogP contribution < -0.4 is 15.5 Å². The number of pyridine rings is 1. The molecular formula is C23H35ClN6O2S. The fourth-order valence-corrected chi connectivity index (χ4v) is 5.79. The third kappa shape index (κ3) is 4.93. The maximum Gasteiger partial charge on any atom is 0.153 e. The first-order valence-electron chi connectivity index (χ1n) is 10.9. The van der Waals surface area contributed by atoms with Gasteiger partial charge in [0.15, 0.2) is 5.82 Å². The lowest BCUT2D eigenvalue weighted by molar-refractivity contribution is 0.0973. The minimum atomic E-state index is -0.176. The molecule has 4 rings (SSSR count). The molecule has 3 N–H and O–H groups in total. The normalized spacial score (nSPS) is 21.8. The van der Waals surface area contributed by atoms with Crippen LogP contribution in [0.5, 0.6) is 0 Å². The number of nitrogens with zero attached hydrogens (tertiary/aromatic N) is 5. The van der Waals surface area contributed by atoms with E-state index in [0.29, 0.717) is 16.5 Å². The van der Waals surface area contributed by atoms with Crippen molar-refractivity contribution < 1.29 is 9.84 Å². The quantitative estimate of drug-likeness (QED) is 0.646. The second-order valence-corrected chi connectivity index (χ2v) is 10.3. The maximum atomic E-state index is 10.1. The van der Waals surface area contributed by atoms with E-state index in [1.165, 1.54) is 11.8 Å². The van der Waals surface area contributed by atoms with E-state index in [4.69, 9.17) is 32.0 Å². The fourth-order valence-electron chi connectivity index (χ4n) is 4.53. The largest absolute Gasteiger partial charge is 0.390 e. The third-order valence-electron chi connectivity index (χ3n) is 6.60. The smallest absolute Gasteiger partial charge is 0.153 e. The van der Waals surface area contributed by atoms with Gasteiger partial charge in [-0.05, 0) is 32.8 Å². The zero-order valence-electron chi connectivity index (χ0n) is 19.0. The van der Waals surface area contributed by atoms with Gasteiger partial charge in [-0.1, -0.05) is 30.8 Å². The number of hydrogen-bond acceptors (Lipinski definition) is 9. The third-order valence-corrected chi connectivity index (χ3v) is 8.22. The molecule has 2 aliphatic heterocycles.